The molecule has 8 heteroatoms. The Hall–Kier alpha value is -3.68. The number of pyridine rings is 1. The Bertz CT molecular complexity index is 1190. The van der Waals surface area contributed by atoms with Crippen LogP contribution >= 0.6 is 0 Å². The Morgan fingerprint density at radius 1 is 1.00 bits per heavy atom. The highest BCUT2D eigenvalue weighted by Gasteiger charge is 2.21. The summed E-state index contributed by atoms with van der Waals surface area (Å²) >= 11 is 0. The molecule has 1 aliphatic rings. The zero-order valence-corrected chi connectivity index (χ0v) is 18.8. The molecule has 5 rings (SSSR count). The maximum absolute atomic E-state index is 5.83. The summed E-state index contributed by atoms with van der Waals surface area (Å²) in [5, 5.41) is 3.41. The number of aromatic nitrogens is 5. The fourth-order valence-corrected chi connectivity index (χ4v) is 4.28. The molecule has 0 unspecified atom stereocenters. The van der Waals surface area contributed by atoms with Crippen molar-refractivity contribution in [1.82, 2.24) is 24.5 Å². The third-order valence-electron chi connectivity index (χ3n) is 6.00. The highest BCUT2D eigenvalue weighted by atomic mass is 16.5. The Kier molecular flexibility index (Phi) is 6.32. The molecule has 1 saturated carbocycles. The van der Waals surface area contributed by atoms with Crippen LogP contribution in [-0.4, -0.2) is 44.8 Å². The number of fused-ring (bicyclic) bond motifs is 1. The normalized spacial score (nSPS) is 14.3. The van der Waals surface area contributed by atoms with E-state index in [4.69, 9.17) is 24.4 Å². The van der Waals surface area contributed by atoms with Crippen molar-refractivity contribution in [3.63, 3.8) is 0 Å². The van der Waals surface area contributed by atoms with Crippen molar-refractivity contribution in [2.24, 2.45) is 0 Å². The molecule has 0 saturated heterocycles. The van der Waals surface area contributed by atoms with E-state index in [1.165, 1.54) is 19.3 Å². The molecule has 4 aromatic rings. The minimum Gasteiger partial charge on any atom is -0.492 e. The van der Waals surface area contributed by atoms with Gasteiger partial charge in [0.25, 0.3) is 0 Å². The Morgan fingerprint density at radius 2 is 1.85 bits per heavy atom. The van der Waals surface area contributed by atoms with Crippen LogP contribution in [0.15, 0.2) is 55.0 Å². The second kappa shape index (κ2) is 9.85. The first-order valence-corrected chi connectivity index (χ1v) is 11.5. The van der Waals surface area contributed by atoms with Crippen molar-refractivity contribution in [2.75, 3.05) is 25.6 Å². The van der Waals surface area contributed by atoms with E-state index < -0.39 is 0 Å². The molecule has 0 aliphatic heterocycles. The van der Waals surface area contributed by atoms with E-state index in [9.17, 15) is 0 Å². The van der Waals surface area contributed by atoms with Crippen LogP contribution < -0.4 is 14.8 Å². The van der Waals surface area contributed by atoms with Crippen molar-refractivity contribution in [3.05, 3.63) is 55.0 Å². The average Bonchev–Trinajstić information content (AvgIpc) is 3.32. The van der Waals surface area contributed by atoms with Crippen LogP contribution in [0.5, 0.6) is 11.6 Å². The number of rotatable bonds is 8. The maximum atomic E-state index is 5.83. The maximum Gasteiger partial charge on any atom is 0.212 e. The summed E-state index contributed by atoms with van der Waals surface area (Å²) in [7, 11) is 1.60. The van der Waals surface area contributed by atoms with Crippen molar-refractivity contribution in [2.45, 2.75) is 38.1 Å². The van der Waals surface area contributed by atoms with Gasteiger partial charge in [-0.25, -0.2) is 19.9 Å². The quantitative estimate of drug-likeness (QED) is 0.387. The number of ether oxygens (including phenoxy) is 2. The number of para-hydroxylation sites is 1. The second-order valence-corrected chi connectivity index (χ2v) is 8.19. The van der Waals surface area contributed by atoms with Gasteiger partial charge < -0.3 is 19.4 Å². The topological polar surface area (TPSA) is 87.0 Å². The van der Waals surface area contributed by atoms with Gasteiger partial charge in [0.15, 0.2) is 17.3 Å². The molecule has 8 nitrogen and oxygen atoms in total. The van der Waals surface area contributed by atoms with Gasteiger partial charge in [0.2, 0.25) is 5.88 Å². The van der Waals surface area contributed by atoms with Gasteiger partial charge in [0.1, 0.15) is 17.9 Å². The summed E-state index contributed by atoms with van der Waals surface area (Å²) in [6, 6.07) is 14.0. The lowest BCUT2D eigenvalue weighted by Crippen LogP contribution is -2.14. The molecule has 3 heterocycles. The second-order valence-electron chi connectivity index (χ2n) is 8.19. The van der Waals surface area contributed by atoms with Gasteiger partial charge in [0, 0.05) is 23.9 Å². The standard InChI is InChI=1S/C25H28N6O2/c1-32-21-13-12-18(16-27-21)23-29-24(26-14-15-33-20-10-6-3-7-11-20)22-25(30-23)31(17-28-22)19-8-4-2-5-9-19/h3,6-7,10-13,16-17,19H,2,4-5,8-9,14-15H2,1H3,(H,26,29,30). The summed E-state index contributed by atoms with van der Waals surface area (Å²) in [6.45, 7) is 1.11. The molecule has 1 aliphatic carbocycles. The fraction of sp³-hybridized carbons (Fsp3) is 0.360. The number of nitrogens with zero attached hydrogens (tertiary/aromatic N) is 5. The van der Waals surface area contributed by atoms with E-state index in [1.54, 1.807) is 13.3 Å². The molecule has 3 aromatic heterocycles. The minimum absolute atomic E-state index is 0.426. The third-order valence-corrected chi connectivity index (χ3v) is 6.00. The molecular weight excluding hydrogens is 416 g/mol. The number of nitrogens with one attached hydrogen (secondary N) is 1. The Balaban J connectivity index is 1.44. The molecule has 1 fully saturated rings. The molecule has 0 atom stereocenters. The smallest absolute Gasteiger partial charge is 0.212 e. The summed E-state index contributed by atoms with van der Waals surface area (Å²) in [4.78, 5) is 18.7. The highest BCUT2D eigenvalue weighted by Crippen LogP contribution is 2.32. The number of benzene rings is 1. The molecule has 1 N–H and O–H groups in total. The predicted octanol–water partition coefficient (Wildman–Crippen LogP) is 4.89. The van der Waals surface area contributed by atoms with Crippen LogP contribution in [0.25, 0.3) is 22.6 Å². The van der Waals surface area contributed by atoms with E-state index in [1.807, 2.05) is 48.8 Å². The molecule has 0 amide bonds. The SMILES string of the molecule is COc1ccc(-c2nc(NCCOc3ccccc3)c3ncn(C4CCCCC4)c3n2)cn1. The highest BCUT2D eigenvalue weighted by molar-refractivity contribution is 5.85. The van der Waals surface area contributed by atoms with Gasteiger partial charge >= 0.3 is 0 Å². The van der Waals surface area contributed by atoms with Gasteiger partial charge in [-0.05, 0) is 31.0 Å². The van der Waals surface area contributed by atoms with Gasteiger partial charge in [-0.15, -0.1) is 0 Å². The monoisotopic (exact) mass is 444 g/mol. The molecule has 0 bridgehead atoms. The third kappa shape index (κ3) is 4.74. The van der Waals surface area contributed by atoms with Crippen molar-refractivity contribution >= 4 is 17.0 Å². The van der Waals surface area contributed by atoms with Crippen LogP contribution in [-0.2, 0) is 0 Å². The number of methoxy groups -OCH3 is 1. The molecule has 0 radical (unpaired) electrons. The Labute approximate surface area is 193 Å². The first kappa shape index (κ1) is 21.2. The first-order valence-electron chi connectivity index (χ1n) is 11.5. The van der Waals surface area contributed by atoms with Crippen LogP contribution in [0.3, 0.4) is 0 Å². The lowest BCUT2D eigenvalue weighted by molar-refractivity contribution is 0.333. The van der Waals surface area contributed by atoms with E-state index in [0.717, 1.165) is 35.3 Å². The average molecular weight is 445 g/mol. The first-order chi connectivity index (χ1) is 16.3. The number of anilines is 1. The largest absolute Gasteiger partial charge is 0.492 e. The van der Waals surface area contributed by atoms with E-state index in [2.05, 4.69) is 14.9 Å². The predicted molar refractivity (Wildman–Crippen MR) is 128 cm³/mol. The van der Waals surface area contributed by atoms with Crippen LogP contribution in [0.1, 0.15) is 38.1 Å². The zero-order valence-electron chi connectivity index (χ0n) is 18.8. The van der Waals surface area contributed by atoms with Gasteiger partial charge in [-0.1, -0.05) is 37.5 Å². The fourth-order valence-electron chi connectivity index (χ4n) is 4.28. The Morgan fingerprint density at radius 3 is 2.61 bits per heavy atom. The number of hydrogen-bond acceptors (Lipinski definition) is 7. The van der Waals surface area contributed by atoms with Crippen LogP contribution in [0, 0.1) is 0 Å². The zero-order chi connectivity index (χ0) is 22.5. The summed E-state index contributed by atoms with van der Waals surface area (Å²) in [5.74, 6) is 2.72. The van der Waals surface area contributed by atoms with Crippen LogP contribution in [0.2, 0.25) is 0 Å². The van der Waals surface area contributed by atoms with Crippen molar-refractivity contribution < 1.29 is 9.47 Å². The summed E-state index contributed by atoms with van der Waals surface area (Å²) in [5.41, 5.74) is 2.47. The minimum atomic E-state index is 0.426. The molecule has 0 spiro atoms. The summed E-state index contributed by atoms with van der Waals surface area (Å²) in [6.07, 6.45) is 9.75. The number of hydrogen-bond donors (Lipinski definition) is 1. The number of imidazole rings is 1. The van der Waals surface area contributed by atoms with Crippen molar-refractivity contribution in [3.8, 4) is 23.0 Å². The molecule has 1 aromatic carbocycles. The molecular formula is C25H28N6O2. The van der Waals surface area contributed by atoms with Crippen molar-refractivity contribution in [1.29, 1.82) is 0 Å². The van der Waals surface area contributed by atoms with E-state index in [-0.39, 0.29) is 0 Å². The van der Waals surface area contributed by atoms with E-state index in [0.29, 0.717) is 36.7 Å². The lowest BCUT2D eigenvalue weighted by atomic mass is 9.95. The van der Waals surface area contributed by atoms with Crippen LogP contribution in [0.4, 0.5) is 5.82 Å². The van der Waals surface area contributed by atoms with E-state index >= 15 is 0 Å². The molecule has 170 valence electrons. The van der Waals surface area contributed by atoms with Gasteiger partial charge in [-0.2, -0.15) is 0 Å². The summed E-state index contributed by atoms with van der Waals surface area (Å²) < 4.78 is 13.2. The van der Waals surface area contributed by atoms with Gasteiger partial charge in [0.05, 0.1) is 20.0 Å². The van der Waals surface area contributed by atoms with Gasteiger partial charge in [-0.3, -0.25) is 0 Å². The molecule has 33 heavy (non-hydrogen) atoms. The lowest BCUT2D eigenvalue weighted by Gasteiger charge is -2.23.